The minimum atomic E-state index is -1.37. The quantitative estimate of drug-likeness (QED) is 0.865. The van der Waals surface area contributed by atoms with E-state index >= 15 is 0 Å². The van der Waals surface area contributed by atoms with Crippen molar-refractivity contribution in [1.29, 1.82) is 0 Å². The minimum Gasteiger partial charge on any atom is -0.479 e. The van der Waals surface area contributed by atoms with Crippen LogP contribution < -0.4 is 5.32 Å². The van der Waals surface area contributed by atoms with Crippen molar-refractivity contribution >= 4 is 23.5 Å². The fourth-order valence-corrected chi connectivity index (χ4v) is 2.92. The molecule has 1 aromatic heterocycles. The zero-order valence-corrected chi connectivity index (χ0v) is 13.5. The Morgan fingerprint density at radius 1 is 1.50 bits per heavy atom. The van der Waals surface area contributed by atoms with Crippen molar-refractivity contribution < 1.29 is 19.4 Å². The number of hydrogen-bond acceptors (Lipinski definition) is 4. The molecule has 0 spiro atoms. The third-order valence-electron chi connectivity index (χ3n) is 4.42. The number of amides is 1. The molecule has 1 aliphatic rings. The number of rotatable bonds is 5. The highest BCUT2D eigenvalue weighted by atomic mass is 35.5. The Kier molecular flexibility index (Phi) is 4.44. The number of carbonyl (C=O) groups is 2. The summed E-state index contributed by atoms with van der Waals surface area (Å²) in [6, 6.07) is 2.99. The van der Waals surface area contributed by atoms with Crippen LogP contribution >= 0.6 is 11.6 Å². The first-order valence-corrected chi connectivity index (χ1v) is 7.41. The monoisotopic (exact) mass is 326 g/mol. The van der Waals surface area contributed by atoms with Gasteiger partial charge in [-0.1, -0.05) is 25.4 Å². The van der Waals surface area contributed by atoms with E-state index in [2.05, 4.69) is 10.3 Å². The maximum atomic E-state index is 12.3. The fraction of sp³-hybridized carbons (Fsp3) is 0.533. The van der Waals surface area contributed by atoms with Gasteiger partial charge in [-0.05, 0) is 19.1 Å². The van der Waals surface area contributed by atoms with Gasteiger partial charge in [0.1, 0.15) is 11.2 Å². The summed E-state index contributed by atoms with van der Waals surface area (Å²) in [6.07, 6.45) is 1.36. The van der Waals surface area contributed by atoms with Gasteiger partial charge in [0.05, 0.1) is 11.1 Å². The fourth-order valence-electron chi connectivity index (χ4n) is 2.80. The SMILES string of the molecule is CCO[C@@H]1C[C@@](NC(=O)c2ccc(Cl)cn2)(C(=O)O)C1(C)C. The summed E-state index contributed by atoms with van der Waals surface area (Å²) in [4.78, 5) is 28.0. The van der Waals surface area contributed by atoms with E-state index in [1.165, 1.54) is 18.3 Å². The van der Waals surface area contributed by atoms with Crippen LogP contribution in [0, 0.1) is 5.41 Å². The van der Waals surface area contributed by atoms with E-state index in [9.17, 15) is 14.7 Å². The molecular weight excluding hydrogens is 308 g/mol. The molecule has 1 fully saturated rings. The topological polar surface area (TPSA) is 88.5 Å². The van der Waals surface area contributed by atoms with Gasteiger partial charge in [0, 0.05) is 24.6 Å². The van der Waals surface area contributed by atoms with Crippen LogP contribution in [0.5, 0.6) is 0 Å². The summed E-state index contributed by atoms with van der Waals surface area (Å²) in [6.45, 7) is 5.91. The van der Waals surface area contributed by atoms with Gasteiger partial charge in [-0.3, -0.25) is 4.79 Å². The molecule has 1 amide bonds. The van der Waals surface area contributed by atoms with Crippen molar-refractivity contribution in [1.82, 2.24) is 10.3 Å². The maximum absolute atomic E-state index is 12.3. The number of aromatic nitrogens is 1. The highest BCUT2D eigenvalue weighted by Crippen LogP contribution is 2.51. The molecule has 1 aromatic rings. The number of aliphatic carboxylic acids is 1. The molecule has 0 unspecified atom stereocenters. The number of nitrogens with one attached hydrogen (secondary N) is 1. The molecule has 22 heavy (non-hydrogen) atoms. The molecule has 0 radical (unpaired) electrons. The van der Waals surface area contributed by atoms with Crippen LogP contribution in [0.15, 0.2) is 18.3 Å². The van der Waals surface area contributed by atoms with Gasteiger partial charge in [-0.25, -0.2) is 9.78 Å². The Morgan fingerprint density at radius 2 is 2.18 bits per heavy atom. The summed E-state index contributed by atoms with van der Waals surface area (Å²) in [5.74, 6) is -1.61. The summed E-state index contributed by atoms with van der Waals surface area (Å²) in [7, 11) is 0. The standard InChI is InChI=1S/C15H19ClN2O4/c1-4-22-11-7-15(13(20)21,14(11,2)3)18-12(19)10-6-5-9(16)8-17-10/h5-6,8,11H,4,7H2,1-3H3,(H,18,19)(H,20,21)/t11-,15-/m1/s1. The Labute approximate surface area is 133 Å². The molecule has 2 rings (SSSR count). The lowest BCUT2D eigenvalue weighted by Gasteiger charge is -2.58. The molecule has 0 aromatic carbocycles. The smallest absolute Gasteiger partial charge is 0.330 e. The highest BCUT2D eigenvalue weighted by molar-refractivity contribution is 6.30. The van der Waals surface area contributed by atoms with Crippen LogP contribution in [0.4, 0.5) is 0 Å². The predicted octanol–water partition coefficient (Wildman–Crippen LogP) is 2.12. The van der Waals surface area contributed by atoms with Gasteiger partial charge in [0.25, 0.3) is 5.91 Å². The second-order valence-electron chi connectivity index (χ2n) is 5.90. The predicted molar refractivity (Wildman–Crippen MR) is 80.9 cm³/mol. The van der Waals surface area contributed by atoms with E-state index in [0.717, 1.165) is 0 Å². The van der Waals surface area contributed by atoms with Crippen molar-refractivity contribution in [3.8, 4) is 0 Å². The number of carboxylic acids is 1. The van der Waals surface area contributed by atoms with Gasteiger partial charge in [0.15, 0.2) is 0 Å². The Hall–Kier alpha value is -1.66. The van der Waals surface area contributed by atoms with E-state index in [1.54, 1.807) is 13.8 Å². The molecule has 1 aliphatic carbocycles. The summed E-state index contributed by atoms with van der Waals surface area (Å²) in [5.41, 5.74) is -1.97. The van der Waals surface area contributed by atoms with E-state index < -0.39 is 22.8 Å². The number of carboxylic acid groups (broad SMARTS) is 1. The minimum absolute atomic E-state index is 0.126. The van der Waals surface area contributed by atoms with E-state index in [-0.39, 0.29) is 18.2 Å². The number of nitrogens with zero attached hydrogens (tertiary/aromatic N) is 1. The molecule has 1 heterocycles. The second kappa shape index (κ2) is 5.85. The molecule has 2 atom stereocenters. The average molecular weight is 327 g/mol. The van der Waals surface area contributed by atoms with Crippen molar-refractivity contribution in [3.05, 3.63) is 29.0 Å². The molecule has 6 nitrogen and oxygen atoms in total. The molecular formula is C15H19ClN2O4. The largest absolute Gasteiger partial charge is 0.479 e. The van der Waals surface area contributed by atoms with Crippen LogP contribution in [0.25, 0.3) is 0 Å². The molecule has 0 saturated heterocycles. The van der Waals surface area contributed by atoms with Crippen LogP contribution in [0.2, 0.25) is 5.02 Å². The van der Waals surface area contributed by atoms with Crippen LogP contribution in [0.1, 0.15) is 37.7 Å². The number of halogens is 1. The lowest BCUT2D eigenvalue weighted by molar-refractivity contribution is -0.190. The summed E-state index contributed by atoms with van der Waals surface area (Å²) >= 11 is 5.73. The van der Waals surface area contributed by atoms with Crippen LogP contribution in [-0.2, 0) is 9.53 Å². The normalized spacial score (nSPS) is 26.1. The number of hydrogen-bond donors (Lipinski definition) is 2. The third-order valence-corrected chi connectivity index (χ3v) is 4.64. The molecule has 2 N–H and O–H groups in total. The second-order valence-corrected chi connectivity index (χ2v) is 6.33. The number of ether oxygens (including phenoxy) is 1. The molecule has 1 saturated carbocycles. The molecule has 120 valence electrons. The lowest BCUT2D eigenvalue weighted by Crippen LogP contribution is -2.76. The first-order valence-electron chi connectivity index (χ1n) is 7.03. The van der Waals surface area contributed by atoms with Crippen molar-refractivity contribution in [2.75, 3.05) is 6.61 Å². The van der Waals surface area contributed by atoms with Gasteiger partial charge < -0.3 is 15.2 Å². The third kappa shape index (κ3) is 2.57. The summed E-state index contributed by atoms with van der Waals surface area (Å²) < 4.78 is 5.55. The first kappa shape index (κ1) is 16.7. The Balaban J connectivity index is 2.22. The van der Waals surface area contributed by atoms with Gasteiger partial charge >= 0.3 is 5.97 Å². The molecule has 0 bridgehead atoms. The van der Waals surface area contributed by atoms with Crippen LogP contribution in [-0.4, -0.2) is 40.2 Å². The highest BCUT2D eigenvalue weighted by Gasteiger charge is 2.66. The summed E-state index contributed by atoms with van der Waals surface area (Å²) in [5, 5.41) is 12.7. The Bertz CT molecular complexity index is 588. The average Bonchev–Trinajstić information content (AvgIpc) is 2.46. The number of pyridine rings is 1. The van der Waals surface area contributed by atoms with E-state index in [4.69, 9.17) is 16.3 Å². The Morgan fingerprint density at radius 3 is 2.64 bits per heavy atom. The van der Waals surface area contributed by atoms with E-state index in [0.29, 0.717) is 11.6 Å². The van der Waals surface area contributed by atoms with Crippen molar-refractivity contribution in [2.24, 2.45) is 5.41 Å². The number of carbonyl (C=O) groups excluding carboxylic acids is 1. The lowest BCUT2D eigenvalue weighted by atomic mass is 9.54. The van der Waals surface area contributed by atoms with Gasteiger partial charge in [0.2, 0.25) is 0 Å². The van der Waals surface area contributed by atoms with Gasteiger partial charge in [-0.2, -0.15) is 0 Å². The van der Waals surface area contributed by atoms with Crippen molar-refractivity contribution in [2.45, 2.75) is 38.8 Å². The van der Waals surface area contributed by atoms with Crippen LogP contribution in [0.3, 0.4) is 0 Å². The zero-order chi connectivity index (χ0) is 16.5. The van der Waals surface area contributed by atoms with E-state index in [1.807, 2.05) is 6.92 Å². The van der Waals surface area contributed by atoms with Crippen molar-refractivity contribution in [3.63, 3.8) is 0 Å². The van der Waals surface area contributed by atoms with Gasteiger partial charge in [-0.15, -0.1) is 0 Å². The molecule has 0 aliphatic heterocycles. The zero-order valence-electron chi connectivity index (χ0n) is 12.7. The first-order chi connectivity index (χ1) is 10.2. The molecule has 7 heteroatoms. The maximum Gasteiger partial charge on any atom is 0.330 e.